The van der Waals surface area contributed by atoms with Gasteiger partial charge in [-0.1, -0.05) is 19.8 Å². The molecule has 0 N–H and O–H groups in total. The Kier molecular flexibility index (Phi) is 3.92. The summed E-state index contributed by atoms with van der Waals surface area (Å²) in [7, 11) is 0. The van der Waals surface area contributed by atoms with Crippen LogP contribution in [-0.4, -0.2) is 31.2 Å². The van der Waals surface area contributed by atoms with Gasteiger partial charge in [-0.25, -0.2) is 0 Å². The molecule has 3 rings (SSSR count). The molecule has 0 aromatic heterocycles. The highest BCUT2D eigenvalue weighted by molar-refractivity contribution is 4.84. The molecule has 3 fully saturated rings. The monoisotopic (exact) mass is 254 g/mol. The Bertz CT molecular complexity index is 263. The van der Waals surface area contributed by atoms with E-state index in [9.17, 15) is 0 Å². The topological polar surface area (TPSA) is 27.7 Å². The molecular formula is C15H26O3. The summed E-state index contributed by atoms with van der Waals surface area (Å²) in [5.74, 6) is 0.611. The average molecular weight is 254 g/mol. The van der Waals surface area contributed by atoms with Crippen molar-refractivity contribution in [2.24, 2.45) is 5.92 Å². The van der Waals surface area contributed by atoms with Gasteiger partial charge in [0.05, 0.1) is 25.4 Å². The molecule has 2 atom stereocenters. The van der Waals surface area contributed by atoms with Gasteiger partial charge in [0.15, 0.2) is 5.79 Å². The van der Waals surface area contributed by atoms with Crippen molar-refractivity contribution in [1.29, 1.82) is 0 Å². The molecule has 0 amide bonds. The van der Waals surface area contributed by atoms with Crippen LogP contribution in [0.25, 0.3) is 0 Å². The summed E-state index contributed by atoms with van der Waals surface area (Å²) >= 11 is 0. The Morgan fingerprint density at radius 2 is 1.67 bits per heavy atom. The lowest BCUT2D eigenvalue weighted by Gasteiger charge is -2.38. The summed E-state index contributed by atoms with van der Waals surface area (Å²) in [5, 5.41) is 0. The summed E-state index contributed by atoms with van der Waals surface area (Å²) in [6.07, 6.45) is 10.4. The van der Waals surface area contributed by atoms with Crippen LogP contribution in [0.15, 0.2) is 0 Å². The molecule has 1 spiro atoms. The molecule has 0 aromatic carbocycles. The van der Waals surface area contributed by atoms with Gasteiger partial charge in [-0.3, -0.25) is 0 Å². The van der Waals surface area contributed by atoms with Crippen LogP contribution in [0.4, 0.5) is 0 Å². The molecule has 2 unspecified atom stereocenters. The standard InChI is InChI=1S/C15H26O3/c1-12-3-2-4-14(11-12)18-13-5-7-15(8-6-13)16-9-10-17-15/h12-14H,2-11H2,1H3. The third-order valence-electron chi connectivity index (χ3n) is 4.78. The highest BCUT2D eigenvalue weighted by Gasteiger charge is 2.41. The van der Waals surface area contributed by atoms with Gasteiger partial charge in [-0.05, 0) is 31.6 Å². The van der Waals surface area contributed by atoms with Gasteiger partial charge in [0.2, 0.25) is 0 Å². The number of rotatable bonds is 2. The lowest BCUT2D eigenvalue weighted by molar-refractivity contribution is -0.197. The van der Waals surface area contributed by atoms with E-state index in [4.69, 9.17) is 14.2 Å². The van der Waals surface area contributed by atoms with E-state index in [2.05, 4.69) is 6.92 Å². The predicted molar refractivity (Wildman–Crippen MR) is 69.4 cm³/mol. The minimum Gasteiger partial charge on any atom is -0.375 e. The molecule has 1 saturated heterocycles. The van der Waals surface area contributed by atoms with E-state index in [0.29, 0.717) is 12.2 Å². The maximum absolute atomic E-state index is 6.29. The molecule has 0 bridgehead atoms. The third kappa shape index (κ3) is 2.89. The molecule has 1 aliphatic heterocycles. The van der Waals surface area contributed by atoms with Gasteiger partial charge in [0.25, 0.3) is 0 Å². The zero-order chi connectivity index (χ0) is 12.4. The third-order valence-corrected chi connectivity index (χ3v) is 4.78. The summed E-state index contributed by atoms with van der Waals surface area (Å²) in [5.41, 5.74) is 0. The fourth-order valence-electron chi connectivity index (χ4n) is 3.73. The van der Waals surface area contributed by atoms with Crippen molar-refractivity contribution in [3.05, 3.63) is 0 Å². The second kappa shape index (κ2) is 5.48. The molecule has 104 valence electrons. The first-order chi connectivity index (χ1) is 8.76. The molecular weight excluding hydrogens is 228 g/mol. The number of hydrogen-bond donors (Lipinski definition) is 0. The lowest BCUT2D eigenvalue weighted by Crippen LogP contribution is -2.39. The van der Waals surface area contributed by atoms with Crippen molar-refractivity contribution in [2.45, 2.75) is 76.3 Å². The molecule has 0 aromatic rings. The van der Waals surface area contributed by atoms with E-state index in [0.717, 1.165) is 44.8 Å². The van der Waals surface area contributed by atoms with Gasteiger partial charge >= 0.3 is 0 Å². The summed E-state index contributed by atoms with van der Waals surface area (Å²) in [4.78, 5) is 0. The maximum Gasteiger partial charge on any atom is 0.168 e. The second-order valence-electron chi connectivity index (χ2n) is 6.34. The predicted octanol–water partition coefficient (Wildman–Crippen LogP) is 3.27. The Hall–Kier alpha value is -0.120. The van der Waals surface area contributed by atoms with Crippen molar-refractivity contribution in [2.75, 3.05) is 13.2 Å². The van der Waals surface area contributed by atoms with Crippen LogP contribution in [0.3, 0.4) is 0 Å². The minimum atomic E-state index is -0.236. The SMILES string of the molecule is CC1CCCC(OC2CCC3(CC2)OCCO3)C1. The van der Waals surface area contributed by atoms with Crippen LogP contribution in [-0.2, 0) is 14.2 Å². The maximum atomic E-state index is 6.29. The molecule has 3 aliphatic rings. The van der Waals surface area contributed by atoms with Gasteiger partial charge in [-0.15, -0.1) is 0 Å². The van der Waals surface area contributed by atoms with E-state index >= 15 is 0 Å². The fraction of sp³-hybridized carbons (Fsp3) is 1.00. The Labute approximate surface area is 110 Å². The van der Waals surface area contributed by atoms with E-state index < -0.39 is 0 Å². The van der Waals surface area contributed by atoms with Crippen molar-refractivity contribution < 1.29 is 14.2 Å². The summed E-state index contributed by atoms with van der Waals surface area (Å²) in [6.45, 7) is 3.89. The van der Waals surface area contributed by atoms with E-state index in [-0.39, 0.29) is 5.79 Å². The smallest absolute Gasteiger partial charge is 0.168 e. The van der Waals surface area contributed by atoms with Gasteiger partial charge in [-0.2, -0.15) is 0 Å². The average Bonchev–Trinajstić information content (AvgIpc) is 2.81. The van der Waals surface area contributed by atoms with Crippen LogP contribution in [0.2, 0.25) is 0 Å². The van der Waals surface area contributed by atoms with E-state index in [1.165, 1.54) is 25.7 Å². The molecule has 0 radical (unpaired) electrons. The molecule has 3 heteroatoms. The zero-order valence-electron chi connectivity index (χ0n) is 11.5. The normalized spacial score (nSPS) is 37.2. The van der Waals surface area contributed by atoms with Crippen molar-refractivity contribution in [3.8, 4) is 0 Å². The van der Waals surface area contributed by atoms with Crippen LogP contribution < -0.4 is 0 Å². The summed E-state index contributed by atoms with van der Waals surface area (Å²) in [6, 6.07) is 0. The van der Waals surface area contributed by atoms with Crippen molar-refractivity contribution in [3.63, 3.8) is 0 Å². The summed E-state index contributed by atoms with van der Waals surface area (Å²) < 4.78 is 17.8. The van der Waals surface area contributed by atoms with Gasteiger partial charge in [0, 0.05) is 12.8 Å². The zero-order valence-corrected chi connectivity index (χ0v) is 11.5. The fourth-order valence-corrected chi connectivity index (χ4v) is 3.73. The molecule has 18 heavy (non-hydrogen) atoms. The van der Waals surface area contributed by atoms with E-state index in [1.54, 1.807) is 0 Å². The van der Waals surface area contributed by atoms with E-state index in [1.807, 2.05) is 0 Å². The van der Waals surface area contributed by atoms with Crippen LogP contribution in [0.5, 0.6) is 0 Å². The second-order valence-corrected chi connectivity index (χ2v) is 6.34. The number of hydrogen-bond acceptors (Lipinski definition) is 3. The Morgan fingerprint density at radius 1 is 0.944 bits per heavy atom. The van der Waals surface area contributed by atoms with Crippen LogP contribution in [0.1, 0.15) is 58.3 Å². The van der Waals surface area contributed by atoms with Crippen LogP contribution >= 0.6 is 0 Å². The minimum absolute atomic E-state index is 0.236. The first-order valence-electron chi connectivity index (χ1n) is 7.69. The largest absolute Gasteiger partial charge is 0.375 e. The van der Waals surface area contributed by atoms with Crippen molar-refractivity contribution in [1.82, 2.24) is 0 Å². The highest BCUT2D eigenvalue weighted by atomic mass is 16.7. The number of ether oxygens (including phenoxy) is 3. The molecule has 3 nitrogen and oxygen atoms in total. The van der Waals surface area contributed by atoms with Gasteiger partial charge in [0.1, 0.15) is 0 Å². The first-order valence-corrected chi connectivity index (χ1v) is 7.69. The van der Waals surface area contributed by atoms with Crippen LogP contribution in [0, 0.1) is 5.92 Å². The quantitative estimate of drug-likeness (QED) is 0.757. The Balaban J connectivity index is 1.45. The molecule has 2 saturated carbocycles. The van der Waals surface area contributed by atoms with Gasteiger partial charge < -0.3 is 14.2 Å². The lowest BCUT2D eigenvalue weighted by atomic mass is 9.87. The first kappa shape index (κ1) is 12.9. The Morgan fingerprint density at radius 3 is 2.33 bits per heavy atom. The molecule has 2 aliphatic carbocycles. The van der Waals surface area contributed by atoms with Crippen molar-refractivity contribution >= 4 is 0 Å². The molecule has 1 heterocycles. The highest BCUT2D eigenvalue weighted by Crippen LogP contribution is 2.38.